The van der Waals surface area contributed by atoms with Crippen molar-refractivity contribution in [1.82, 2.24) is 0 Å². The van der Waals surface area contributed by atoms with Gasteiger partial charge in [0.25, 0.3) is 5.69 Å². The summed E-state index contributed by atoms with van der Waals surface area (Å²) in [6, 6.07) is 1.13. The number of ether oxygens (including phenoxy) is 1. The molecule has 76 valence electrons. The monoisotopic (exact) mass is 198 g/mol. The lowest BCUT2D eigenvalue weighted by molar-refractivity contribution is -0.613. The molecule has 0 radical (unpaired) electrons. The lowest BCUT2D eigenvalue weighted by Gasteiger charge is -2.04. The summed E-state index contributed by atoms with van der Waals surface area (Å²) in [5.41, 5.74) is 0.203. The number of pyridine rings is 1. The van der Waals surface area contributed by atoms with Crippen LogP contribution in [0.15, 0.2) is 12.3 Å². The van der Waals surface area contributed by atoms with E-state index in [1.165, 1.54) is 6.92 Å². The van der Waals surface area contributed by atoms with Crippen molar-refractivity contribution in [3.05, 3.63) is 33.1 Å². The molecular weight excluding hydrogens is 188 g/mol. The van der Waals surface area contributed by atoms with E-state index in [1.54, 1.807) is 6.92 Å². The SMILES string of the molecule is CCOc1cc([N+](=O)[O-])c(C)c[n+]1[O-]. The second kappa shape index (κ2) is 3.91. The summed E-state index contributed by atoms with van der Waals surface area (Å²) in [5.74, 6) is -0.0511. The molecule has 1 aromatic rings. The van der Waals surface area contributed by atoms with E-state index in [0.717, 1.165) is 12.3 Å². The lowest BCUT2D eigenvalue weighted by Crippen LogP contribution is -2.29. The molecule has 6 heteroatoms. The fourth-order valence-corrected chi connectivity index (χ4v) is 1.05. The molecule has 0 atom stereocenters. The Hall–Kier alpha value is -1.85. The first kappa shape index (κ1) is 10.2. The Morgan fingerprint density at radius 2 is 2.29 bits per heavy atom. The second-order valence-electron chi connectivity index (χ2n) is 2.70. The molecule has 0 unspecified atom stereocenters. The summed E-state index contributed by atoms with van der Waals surface area (Å²) in [6.07, 6.45) is 1.13. The predicted octanol–water partition coefficient (Wildman–Crippen LogP) is 0.935. The Labute approximate surface area is 80.5 Å². The zero-order chi connectivity index (χ0) is 10.7. The fraction of sp³-hybridized carbons (Fsp3) is 0.375. The molecule has 0 aliphatic heterocycles. The Balaban J connectivity index is 3.20. The van der Waals surface area contributed by atoms with Crippen LogP contribution in [0.2, 0.25) is 0 Å². The molecular formula is C8H10N2O4. The first-order valence-corrected chi connectivity index (χ1v) is 4.07. The standard InChI is InChI=1S/C8H10N2O4/c1-3-14-8-4-7(10(12)13)6(2)5-9(8)11/h4-5H,3H2,1-2H3. The van der Waals surface area contributed by atoms with Gasteiger partial charge in [-0.05, 0) is 13.8 Å². The molecule has 0 amide bonds. The number of aryl methyl sites for hydroxylation is 1. The molecule has 14 heavy (non-hydrogen) atoms. The van der Waals surface area contributed by atoms with Gasteiger partial charge >= 0.3 is 5.88 Å². The Morgan fingerprint density at radius 1 is 1.64 bits per heavy atom. The number of rotatable bonds is 3. The maximum absolute atomic E-state index is 11.2. The third-order valence-corrected chi connectivity index (χ3v) is 1.68. The van der Waals surface area contributed by atoms with Crippen LogP contribution in [-0.4, -0.2) is 11.5 Å². The molecule has 0 N–H and O–H groups in total. The minimum atomic E-state index is -0.544. The summed E-state index contributed by atoms with van der Waals surface area (Å²) in [4.78, 5) is 9.98. The van der Waals surface area contributed by atoms with Gasteiger partial charge in [-0.2, -0.15) is 0 Å². The van der Waals surface area contributed by atoms with Gasteiger partial charge in [-0.25, -0.2) is 0 Å². The first-order chi connectivity index (χ1) is 6.56. The van der Waals surface area contributed by atoms with Crippen molar-refractivity contribution in [3.8, 4) is 5.88 Å². The highest BCUT2D eigenvalue weighted by Gasteiger charge is 2.19. The van der Waals surface area contributed by atoms with Gasteiger partial charge < -0.3 is 9.94 Å². The topological polar surface area (TPSA) is 79.3 Å². The smallest absolute Gasteiger partial charge is 0.386 e. The van der Waals surface area contributed by atoms with E-state index in [1.807, 2.05) is 0 Å². The molecule has 0 fully saturated rings. The fourth-order valence-electron chi connectivity index (χ4n) is 1.05. The van der Waals surface area contributed by atoms with E-state index < -0.39 is 4.92 Å². The number of nitro groups is 1. The largest absolute Gasteiger partial charge is 0.616 e. The molecule has 1 rings (SSSR count). The highest BCUT2D eigenvalue weighted by Crippen LogP contribution is 2.19. The Bertz CT molecular complexity index is 365. The van der Waals surface area contributed by atoms with E-state index in [0.29, 0.717) is 16.9 Å². The van der Waals surface area contributed by atoms with E-state index in [-0.39, 0.29) is 11.6 Å². The van der Waals surface area contributed by atoms with Crippen molar-refractivity contribution in [2.75, 3.05) is 6.61 Å². The number of hydrogen-bond acceptors (Lipinski definition) is 4. The summed E-state index contributed by atoms with van der Waals surface area (Å²) in [6.45, 7) is 3.50. The maximum atomic E-state index is 11.2. The van der Waals surface area contributed by atoms with Crippen LogP contribution in [0.5, 0.6) is 5.88 Å². The third kappa shape index (κ3) is 1.90. The van der Waals surface area contributed by atoms with Gasteiger partial charge in [-0.3, -0.25) is 10.1 Å². The molecule has 1 heterocycles. The summed E-state index contributed by atoms with van der Waals surface area (Å²) < 4.78 is 5.41. The Morgan fingerprint density at radius 3 is 2.79 bits per heavy atom. The average molecular weight is 198 g/mol. The van der Waals surface area contributed by atoms with Crippen LogP contribution in [-0.2, 0) is 0 Å². The van der Waals surface area contributed by atoms with E-state index in [9.17, 15) is 15.3 Å². The van der Waals surface area contributed by atoms with Gasteiger partial charge in [-0.1, -0.05) is 0 Å². The molecule has 0 aliphatic rings. The summed E-state index contributed by atoms with van der Waals surface area (Å²) in [5, 5.41) is 21.7. The van der Waals surface area contributed by atoms with E-state index in [2.05, 4.69) is 0 Å². The highest BCUT2D eigenvalue weighted by molar-refractivity contribution is 5.38. The molecule has 0 aromatic carbocycles. The van der Waals surface area contributed by atoms with Crippen LogP contribution in [0.3, 0.4) is 0 Å². The quantitative estimate of drug-likeness (QED) is 0.313. The molecule has 6 nitrogen and oxygen atoms in total. The van der Waals surface area contributed by atoms with Crippen molar-refractivity contribution >= 4 is 5.69 Å². The van der Waals surface area contributed by atoms with Gasteiger partial charge in [0.1, 0.15) is 6.07 Å². The highest BCUT2D eigenvalue weighted by atomic mass is 16.6. The van der Waals surface area contributed by atoms with Crippen molar-refractivity contribution in [2.24, 2.45) is 0 Å². The van der Waals surface area contributed by atoms with Gasteiger partial charge in [0.2, 0.25) is 0 Å². The summed E-state index contributed by atoms with van der Waals surface area (Å²) >= 11 is 0. The molecule has 0 saturated carbocycles. The number of aromatic nitrogens is 1. The van der Waals surface area contributed by atoms with Crippen LogP contribution in [0.25, 0.3) is 0 Å². The maximum Gasteiger partial charge on any atom is 0.386 e. The van der Waals surface area contributed by atoms with Crippen molar-refractivity contribution < 1.29 is 14.4 Å². The van der Waals surface area contributed by atoms with E-state index in [4.69, 9.17) is 4.74 Å². The number of hydrogen-bond donors (Lipinski definition) is 0. The van der Waals surface area contributed by atoms with Crippen molar-refractivity contribution in [2.45, 2.75) is 13.8 Å². The van der Waals surface area contributed by atoms with Crippen LogP contribution in [0, 0.1) is 22.2 Å². The predicted molar refractivity (Wildman–Crippen MR) is 48.0 cm³/mol. The van der Waals surface area contributed by atoms with Crippen LogP contribution in [0.1, 0.15) is 12.5 Å². The van der Waals surface area contributed by atoms with Crippen LogP contribution >= 0.6 is 0 Å². The van der Waals surface area contributed by atoms with Crippen molar-refractivity contribution in [1.29, 1.82) is 0 Å². The minimum Gasteiger partial charge on any atom is -0.616 e. The Kier molecular flexibility index (Phi) is 2.85. The molecule has 1 aromatic heterocycles. The lowest BCUT2D eigenvalue weighted by atomic mass is 10.2. The van der Waals surface area contributed by atoms with Crippen molar-refractivity contribution in [3.63, 3.8) is 0 Å². The zero-order valence-corrected chi connectivity index (χ0v) is 7.89. The first-order valence-electron chi connectivity index (χ1n) is 4.07. The van der Waals surface area contributed by atoms with Gasteiger partial charge in [0.05, 0.1) is 17.1 Å². The second-order valence-corrected chi connectivity index (χ2v) is 2.70. The van der Waals surface area contributed by atoms with E-state index >= 15 is 0 Å². The molecule has 0 spiro atoms. The zero-order valence-electron chi connectivity index (χ0n) is 7.89. The minimum absolute atomic E-state index is 0.0511. The molecule has 0 saturated heterocycles. The summed E-state index contributed by atoms with van der Waals surface area (Å²) in [7, 11) is 0. The van der Waals surface area contributed by atoms with Crippen LogP contribution < -0.4 is 9.47 Å². The van der Waals surface area contributed by atoms with Gasteiger partial charge in [0.15, 0.2) is 6.20 Å². The third-order valence-electron chi connectivity index (χ3n) is 1.68. The number of nitrogens with zero attached hydrogens (tertiary/aromatic N) is 2. The average Bonchev–Trinajstić information content (AvgIpc) is 2.09. The van der Waals surface area contributed by atoms with Gasteiger partial charge in [0, 0.05) is 0 Å². The van der Waals surface area contributed by atoms with Crippen LogP contribution in [0.4, 0.5) is 5.69 Å². The normalized spacial score (nSPS) is 9.86. The van der Waals surface area contributed by atoms with Gasteiger partial charge in [-0.15, -0.1) is 4.73 Å². The molecule has 0 aliphatic carbocycles. The molecule has 0 bridgehead atoms.